The molecule has 0 amide bonds. The van der Waals surface area contributed by atoms with Crippen LogP contribution < -0.4 is 5.32 Å². The van der Waals surface area contributed by atoms with Crippen molar-refractivity contribution in [2.75, 3.05) is 0 Å². The highest BCUT2D eigenvalue weighted by Gasteiger charge is 2.16. The van der Waals surface area contributed by atoms with E-state index in [4.69, 9.17) is 5.10 Å². The molecular formula is C17H25N3S. The summed E-state index contributed by atoms with van der Waals surface area (Å²) in [6.07, 6.45) is 8.84. The summed E-state index contributed by atoms with van der Waals surface area (Å²) in [5, 5.41) is 8.34. The van der Waals surface area contributed by atoms with Gasteiger partial charge in [0, 0.05) is 28.5 Å². The fourth-order valence-corrected chi connectivity index (χ4v) is 3.97. The maximum absolute atomic E-state index is 4.76. The molecule has 1 N–H and O–H groups in total. The lowest BCUT2D eigenvalue weighted by Crippen LogP contribution is -2.18. The molecule has 1 saturated carbocycles. The van der Waals surface area contributed by atoms with E-state index in [1.54, 1.807) is 0 Å². The number of aryl methyl sites for hydroxylation is 1. The van der Waals surface area contributed by atoms with Crippen LogP contribution in [0.15, 0.2) is 24.4 Å². The van der Waals surface area contributed by atoms with Gasteiger partial charge in [0.1, 0.15) is 0 Å². The first-order valence-electron chi connectivity index (χ1n) is 8.06. The molecule has 114 valence electrons. The van der Waals surface area contributed by atoms with Gasteiger partial charge in [-0.25, -0.2) is 0 Å². The molecule has 1 aliphatic rings. The summed E-state index contributed by atoms with van der Waals surface area (Å²) in [6, 6.07) is 7.59. The van der Waals surface area contributed by atoms with E-state index >= 15 is 0 Å². The fourth-order valence-electron chi connectivity index (χ4n) is 3.07. The second-order valence-electron chi connectivity index (χ2n) is 6.13. The molecule has 0 aliphatic heterocycles. The molecule has 2 aromatic rings. The Kier molecular flexibility index (Phi) is 4.76. The summed E-state index contributed by atoms with van der Waals surface area (Å²) < 4.78 is 2.19. The second kappa shape index (κ2) is 6.75. The first-order valence-corrected chi connectivity index (χ1v) is 8.88. The third-order valence-electron chi connectivity index (χ3n) is 4.39. The monoisotopic (exact) mass is 303 g/mol. The first kappa shape index (κ1) is 14.8. The van der Waals surface area contributed by atoms with Gasteiger partial charge in [0.05, 0.1) is 11.7 Å². The van der Waals surface area contributed by atoms with E-state index in [0.717, 1.165) is 12.2 Å². The van der Waals surface area contributed by atoms with Crippen LogP contribution in [0, 0.1) is 6.92 Å². The van der Waals surface area contributed by atoms with E-state index in [1.807, 2.05) is 11.3 Å². The third kappa shape index (κ3) is 3.74. The highest BCUT2D eigenvalue weighted by atomic mass is 32.1. The number of aromatic nitrogens is 2. The molecule has 0 radical (unpaired) electrons. The van der Waals surface area contributed by atoms with Crippen LogP contribution in [0.4, 0.5) is 0 Å². The van der Waals surface area contributed by atoms with Crippen LogP contribution >= 0.6 is 11.3 Å². The van der Waals surface area contributed by atoms with E-state index in [0.29, 0.717) is 12.1 Å². The molecule has 0 aromatic carbocycles. The molecule has 1 aliphatic carbocycles. The number of nitrogens with zero attached hydrogens (tertiary/aromatic N) is 2. The van der Waals surface area contributed by atoms with Crippen molar-refractivity contribution in [2.45, 2.75) is 64.6 Å². The number of hydrogen-bond donors (Lipinski definition) is 1. The molecular weight excluding hydrogens is 278 g/mol. The van der Waals surface area contributed by atoms with Gasteiger partial charge in [-0.1, -0.05) is 19.3 Å². The van der Waals surface area contributed by atoms with Crippen molar-refractivity contribution in [3.8, 4) is 0 Å². The van der Waals surface area contributed by atoms with Crippen molar-refractivity contribution < 1.29 is 0 Å². The second-order valence-corrected chi connectivity index (χ2v) is 7.45. The zero-order valence-corrected chi connectivity index (χ0v) is 13.8. The topological polar surface area (TPSA) is 29.9 Å². The number of rotatable bonds is 5. The van der Waals surface area contributed by atoms with Crippen LogP contribution in [-0.4, -0.2) is 9.78 Å². The Labute approximate surface area is 131 Å². The fraction of sp³-hybridized carbons (Fsp3) is 0.588. The van der Waals surface area contributed by atoms with Crippen molar-refractivity contribution in [2.24, 2.45) is 0 Å². The summed E-state index contributed by atoms with van der Waals surface area (Å²) in [5.41, 5.74) is 1.15. The van der Waals surface area contributed by atoms with Crippen LogP contribution in [0.5, 0.6) is 0 Å². The lowest BCUT2D eigenvalue weighted by molar-refractivity contribution is 0.327. The van der Waals surface area contributed by atoms with Crippen LogP contribution in [0.1, 0.15) is 66.6 Å². The van der Waals surface area contributed by atoms with Gasteiger partial charge in [-0.3, -0.25) is 4.68 Å². The molecule has 0 saturated heterocycles. The zero-order chi connectivity index (χ0) is 14.7. The zero-order valence-electron chi connectivity index (χ0n) is 13.0. The van der Waals surface area contributed by atoms with E-state index in [1.165, 1.54) is 41.9 Å². The van der Waals surface area contributed by atoms with Gasteiger partial charge in [0.2, 0.25) is 0 Å². The van der Waals surface area contributed by atoms with Gasteiger partial charge in [-0.2, -0.15) is 5.10 Å². The molecule has 1 fully saturated rings. The molecule has 3 rings (SSSR count). The molecule has 2 aromatic heterocycles. The Morgan fingerprint density at radius 2 is 2.10 bits per heavy atom. The summed E-state index contributed by atoms with van der Waals surface area (Å²) in [4.78, 5) is 2.78. The first-order chi connectivity index (χ1) is 10.2. The summed E-state index contributed by atoms with van der Waals surface area (Å²) >= 11 is 1.87. The number of thiophene rings is 1. The maximum Gasteiger partial charge on any atom is 0.0762 e. The minimum absolute atomic E-state index is 0.392. The minimum Gasteiger partial charge on any atom is -0.304 e. The molecule has 2 heterocycles. The number of hydrogen-bond acceptors (Lipinski definition) is 3. The molecule has 1 atom stereocenters. The molecule has 21 heavy (non-hydrogen) atoms. The Bertz CT molecular complexity index is 566. The smallest absolute Gasteiger partial charge is 0.0762 e. The van der Waals surface area contributed by atoms with Crippen LogP contribution in [0.25, 0.3) is 0 Å². The highest BCUT2D eigenvalue weighted by Crippen LogP contribution is 2.27. The van der Waals surface area contributed by atoms with Crippen LogP contribution in [-0.2, 0) is 6.54 Å². The van der Waals surface area contributed by atoms with Crippen molar-refractivity contribution in [1.29, 1.82) is 0 Å². The minimum atomic E-state index is 0.392. The predicted octanol–water partition coefficient (Wildman–Crippen LogP) is 4.61. The lowest BCUT2D eigenvalue weighted by Gasteiger charge is -2.21. The van der Waals surface area contributed by atoms with Crippen LogP contribution in [0.3, 0.4) is 0 Å². The van der Waals surface area contributed by atoms with Crippen molar-refractivity contribution in [3.05, 3.63) is 39.8 Å². The molecule has 3 nitrogen and oxygen atoms in total. The Hall–Kier alpha value is -1.13. The van der Waals surface area contributed by atoms with Crippen LogP contribution in [0.2, 0.25) is 0 Å². The van der Waals surface area contributed by atoms with Crippen molar-refractivity contribution in [1.82, 2.24) is 15.1 Å². The number of nitrogens with one attached hydrogen (secondary N) is 1. The summed E-state index contributed by atoms with van der Waals surface area (Å²) in [7, 11) is 0. The normalized spacial score (nSPS) is 18.0. The molecule has 0 spiro atoms. The summed E-state index contributed by atoms with van der Waals surface area (Å²) in [5.74, 6) is 0. The molecule has 1 unspecified atom stereocenters. The van der Waals surface area contributed by atoms with E-state index < -0.39 is 0 Å². The van der Waals surface area contributed by atoms with Crippen molar-refractivity contribution >= 4 is 11.3 Å². The Morgan fingerprint density at radius 1 is 1.29 bits per heavy atom. The lowest BCUT2D eigenvalue weighted by atomic mass is 9.96. The Morgan fingerprint density at radius 3 is 2.81 bits per heavy atom. The average molecular weight is 303 g/mol. The summed E-state index contributed by atoms with van der Waals surface area (Å²) in [6.45, 7) is 5.23. The Balaban J connectivity index is 1.54. The van der Waals surface area contributed by atoms with Gasteiger partial charge in [0.15, 0.2) is 0 Å². The van der Waals surface area contributed by atoms with Gasteiger partial charge in [-0.05, 0) is 44.9 Å². The maximum atomic E-state index is 4.76. The quantitative estimate of drug-likeness (QED) is 0.874. The SMILES string of the molecule is Cc1ccc(C(C)NCc2ccn(C3CCCCC3)n2)s1. The highest BCUT2D eigenvalue weighted by molar-refractivity contribution is 7.12. The largest absolute Gasteiger partial charge is 0.304 e. The van der Waals surface area contributed by atoms with Crippen molar-refractivity contribution in [3.63, 3.8) is 0 Å². The average Bonchev–Trinajstić information content (AvgIpc) is 3.15. The van der Waals surface area contributed by atoms with Gasteiger partial charge in [-0.15, -0.1) is 11.3 Å². The molecule has 0 bridgehead atoms. The van der Waals surface area contributed by atoms with Gasteiger partial charge < -0.3 is 5.32 Å². The standard InChI is InChI=1S/C17H25N3S/c1-13-8-9-17(21-13)14(2)18-12-15-10-11-20(19-15)16-6-4-3-5-7-16/h8-11,14,16,18H,3-7,12H2,1-2H3. The van der Waals surface area contributed by atoms with E-state index in [-0.39, 0.29) is 0 Å². The third-order valence-corrected chi connectivity index (χ3v) is 5.57. The van der Waals surface area contributed by atoms with Gasteiger partial charge >= 0.3 is 0 Å². The van der Waals surface area contributed by atoms with E-state index in [2.05, 4.69) is 48.2 Å². The van der Waals surface area contributed by atoms with E-state index in [9.17, 15) is 0 Å². The predicted molar refractivity (Wildman–Crippen MR) is 88.7 cm³/mol. The van der Waals surface area contributed by atoms with Gasteiger partial charge in [0.25, 0.3) is 0 Å². The molecule has 4 heteroatoms.